The maximum atomic E-state index is 10.5. The van der Waals surface area contributed by atoms with Crippen molar-refractivity contribution in [2.45, 2.75) is 20.3 Å². The van der Waals surface area contributed by atoms with E-state index in [0.29, 0.717) is 6.61 Å². The molecule has 0 saturated heterocycles. The van der Waals surface area contributed by atoms with Gasteiger partial charge in [-0.1, -0.05) is 6.92 Å². The van der Waals surface area contributed by atoms with Crippen LogP contribution in [0.2, 0.25) is 0 Å². The van der Waals surface area contributed by atoms with Crippen LogP contribution in [0.1, 0.15) is 20.3 Å². The van der Waals surface area contributed by atoms with Gasteiger partial charge in [0.15, 0.2) is 0 Å². The monoisotopic (exact) mass is 144 g/mol. The highest BCUT2D eigenvalue weighted by atomic mass is 16.5. The summed E-state index contributed by atoms with van der Waals surface area (Å²) < 4.78 is 4.52. The van der Waals surface area contributed by atoms with E-state index in [4.69, 9.17) is 0 Å². The van der Waals surface area contributed by atoms with Crippen molar-refractivity contribution in [1.82, 2.24) is 5.43 Å². The normalized spacial score (nSPS) is 9.80. The van der Waals surface area contributed by atoms with Crippen molar-refractivity contribution in [2.24, 2.45) is 5.10 Å². The number of nitrogens with one attached hydrogen (secondary N) is 1. The highest BCUT2D eigenvalue weighted by Crippen LogP contribution is 1.75. The largest absolute Gasteiger partial charge is 0.449 e. The molecule has 1 N–H and O–H groups in total. The van der Waals surface area contributed by atoms with Gasteiger partial charge in [0.25, 0.3) is 0 Å². The lowest BCUT2D eigenvalue weighted by Crippen LogP contribution is -2.18. The van der Waals surface area contributed by atoms with Gasteiger partial charge in [0, 0.05) is 6.21 Å². The highest BCUT2D eigenvalue weighted by Gasteiger charge is 1.93. The minimum Gasteiger partial charge on any atom is -0.449 e. The van der Waals surface area contributed by atoms with Crippen LogP contribution in [0, 0.1) is 0 Å². The summed E-state index contributed by atoms with van der Waals surface area (Å²) in [5.41, 5.74) is 2.19. The molecule has 0 aromatic rings. The molecule has 0 bridgehead atoms. The van der Waals surface area contributed by atoms with Gasteiger partial charge in [0.05, 0.1) is 6.61 Å². The second-order valence-corrected chi connectivity index (χ2v) is 1.55. The molecule has 0 atom stereocenters. The Morgan fingerprint density at radius 3 is 2.90 bits per heavy atom. The van der Waals surface area contributed by atoms with Crippen LogP contribution >= 0.6 is 0 Å². The fourth-order valence-corrected chi connectivity index (χ4v) is 0.353. The zero-order valence-electron chi connectivity index (χ0n) is 6.26. The second-order valence-electron chi connectivity index (χ2n) is 1.55. The third-order valence-corrected chi connectivity index (χ3v) is 0.705. The van der Waals surface area contributed by atoms with Gasteiger partial charge in [-0.3, -0.25) is 0 Å². The molecule has 0 spiro atoms. The molecule has 0 saturated carbocycles. The van der Waals surface area contributed by atoms with E-state index in [0.717, 1.165) is 6.42 Å². The maximum Gasteiger partial charge on any atom is 0.427 e. The van der Waals surface area contributed by atoms with Gasteiger partial charge in [-0.05, 0) is 13.3 Å². The topological polar surface area (TPSA) is 50.7 Å². The number of nitrogens with zero attached hydrogens (tertiary/aromatic N) is 1. The van der Waals surface area contributed by atoms with Crippen molar-refractivity contribution in [1.29, 1.82) is 0 Å². The number of ether oxygens (including phenoxy) is 1. The average Bonchev–Trinajstić information content (AvgIpc) is 1.89. The fourth-order valence-electron chi connectivity index (χ4n) is 0.353. The summed E-state index contributed by atoms with van der Waals surface area (Å²) in [7, 11) is 0. The van der Waals surface area contributed by atoms with Crippen LogP contribution in [0.5, 0.6) is 0 Å². The summed E-state index contributed by atoms with van der Waals surface area (Å²) in [6.07, 6.45) is 1.88. The first-order valence-electron chi connectivity index (χ1n) is 3.25. The van der Waals surface area contributed by atoms with Gasteiger partial charge < -0.3 is 4.74 Å². The van der Waals surface area contributed by atoms with E-state index in [1.165, 1.54) is 0 Å². The Hall–Kier alpha value is -1.06. The first kappa shape index (κ1) is 8.94. The van der Waals surface area contributed by atoms with E-state index >= 15 is 0 Å². The number of hydrogen-bond acceptors (Lipinski definition) is 3. The molecular formula is C6H12N2O2. The summed E-state index contributed by atoms with van der Waals surface area (Å²) in [5, 5.41) is 3.56. The first-order chi connectivity index (χ1) is 4.81. The van der Waals surface area contributed by atoms with E-state index in [-0.39, 0.29) is 0 Å². The molecule has 0 aromatic heterocycles. The van der Waals surface area contributed by atoms with Gasteiger partial charge in [0.1, 0.15) is 0 Å². The summed E-state index contributed by atoms with van der Waals surface area (Å²) in [4.78, 5) is 10.5. The lowest BCUT2D eigenvalue weighted by atomic mass is 10.6. The smallest absolute Gasteiger partial charge is 0.427 e. The van der Waals surface area contributed by atoms with Crippen molar-refractivity contribution < 1.29 is 9.53 Å². The van der Waals surface area contributed by atoms with E-state index in [1.807, 2.05) is 6.92 Å². The molecule has 1 amide bonds. The predicted molar refractivity (Wildman–Crippen MR) is 38.9 cm³/mol. The Labute approximate surface area is 60.3 Å². The molecule has 4 heteroatoms. The number of amides is 1. The molecule has 58 valence electrons. The van der Waals surface area contributed by atoms with Gasteiger partial charge in [-0.15, -0.1) is 0 Å². The molecule has 0 aliphatic heterocycles. The maximum absolute atomic E-state index is 10.5. The van der Waals surface area contributed by atoms with E-state index in [2.05, 4.69) is 15.3 Å². The molecule has 0 fully saturated rings. The third-order valence-electron chi connectivity index (χ3n) is 0.705. The van der Waals surface area contributed by atoms with Crippen LogP contribution in [-0.4, -0.2) is 18.9 Å². The molecule has 0 aliphatic rings. The average molecular weight is 144 g/mol. The van der Waals surface area contributed by atoms with Crippen LogP contribution in [0.15, 0.2) is 5.10 Å². The predicted octanol–water partition coefficient (Wildman–Crippen LogP) is 1.13. The summed E-state index contributed by atoms with van der Waals surface area (Å²) in [6, 6.07) is 0. The summed E-state index contributed by atoms with van der Waals surface area (Å²) in [6.45, 7) is 4.03. The Balaban J connectivity index is 3.30. The van der Waals surface area contributed by atoms with Crippen LogP contribution in [0.4, 0.5) is 4.79 Å². The molecule has 4 nitrogen and oxygen atoms in total. The van der Waals surface area contributed by atoms with Gasteiger partial charge in [-0.25, -0.2) is 10.2 Å². The highest BCUT2D eigenvalue weighted by molar-refractivity contribution is 5.68. The van der Waals surface area contributed by atoms with Crippen molar-refractivity contribution in [3.8, 4) is 0 Å². The SMILES string of the molecule is CC/C=N\NC(=O)OCC. The minimum atomic E-state index is -0.507. The van der Waals surface area contributed by atoms with E-state index in [9.17, 15) is 4.79 Å². The number of rotatable bonds is 3. The fraction of sp³-hybridized carbons (Fsp3) is 0.667. The summed E-state index contributed by atoms with van der Waals surface area (Å²) >= 11 is 0. The molecule has 0 aromatic carbocycles. The minimum absolute atomic E-state index is 0.369. The Morgan fingerprint density at radius 2 is 2.40 bits per heavy atom. The van der Waals surface area contributed by atoms with E-state index < -0.39 is 6.09 Å². The van der Waals surface area contributed by atoms with Crippen molar-refractivity contribution in [3.05, 3.63) is 0 Å². The van der Waals surface area contributed by atoms with Crippen LogP contribution < -0.4 is 5.43 Å². The van der Waals surface area contributed by atoms with Crippen LogP contribution in [-0.2, 0) is 4.74 Å². The van der Waals surface area contributed by atoms with Gasteiger partial charge >= 0.3 is 6.09 Å². The Morgan fingerprint density at radius 1 is 1.70 bits per heavy atom. The number of carbonyl (C=O) groups is 1. The molecule has 0 radical (unpaired) electrons. The zero-order chi connectivity index (χ0) is 7.82. The number of hydrogen-bond donors (Lipinski definition) is 1. The number of carbonyl (C=O) groups excluding carboxylic acids is 1. The molecule has 0 heterocycles. The quantitative estimate of drug-likeness (QED) is 0.476. The van der Waals surface area contributed by atoms with Crippen molar-refractivity contribution in [3.63, 3.8) is 0 Å². The number of hydrazone groups is 1. The van der Waals surface area contributed by atoms with Crippen molar-refractivity contribution >= 4 is 12.3 Å². The molecule has 0 unspecified atom stereocenters. The molecule has 10 heavy (non-hydrogen) atoms. The van der Waals surface area contributed by atoms with Gasteiger partial charge in [0.2, 0.25) is 0 Å². The van der Waals surface area contributed by atoms with E-state index in [1.54, 1.807) is 13.1 Å². The summed E-state index contributed by atoms with van der Waals surface area (Å²) in [5.74, 6) is 0. The van der Waals surface area contributed by atoms with Crippen LogP contribution in [0.3, 0.4) is 0 Å². The lowest BCUT2D eigenvalue weighted by Gasteiger charge is -1.97. The lowest BCUT2D eigenvalue weighted by molar-refractivity contribution is 0.152. The van der Waals surface area contributed by atoms with Crippen LogP contribution in [0.25, 0.3) is 0 Å². The second kappa shape index (κ2) is 6.07. The first-order valence-corrected chi connectivity index (χ1v) is 3.25. The molecular weight excluding hydrogens is 132 g/mol. The van der Waals surface area contributed by atoms with Gasteiger partial charge in [-0.2, -0.15) is 5.10 Å². The zero-order valence-corrected chi connectivity index (χ0v) is 6.26. The third kappa shape index (κ3) is 5.08. The standard InChI is InChI=1S/C6H12N2O2/c1-3-5-7-8-6(9)10-4-2/h5H,3-4H2,1-2H3,(H,8,9)/b7-5-. The Kier molecular flexibility index (Phi) is 5.42. The molecule has 0 rings (SSSR count). The Bertz CT molecular complexity index is 123. The molecule has 0 aliphatic carbocycles. The van der Waals surface area contributed by atoms with Crippen molar-refractivity contribution in [2.75, 3.05) is 6.61 Å².